The largest absolute Gasteiger partial charge is 0.516 e. The van der Waals surface area contributed by atoms with Crippen LogP contribution in [0.4, 0.5) is 4.79 Å². The molecule has 66 valence electrons. The Labute approximate surface area is 72.0 Å². The second-order valence-electron chi connectivity index (χ2n) is 2.69. The number of ether oxygens (including phenoxy) is 2. The smallest absolute Gasteiger partial charge is 0.379 e. The lowest BCUT2D eigenvalue weighted by molar-refractivity contribution is -0.237. The summed E-state index contributed by atoms with van der Waals surface area (Å²) in [4.78, 5) is 10.4. The highest BCUT2D eigenvalue weighted by Gasteiger charge is 2.46. The van der Waals surface area contributed by atoms with Crippen molar-refractivity contribution in [1.29, 1.82) is 0 Å². The predicted octanol–water partition coefficient (Wildman–Crippen LogP) is 2.06. The molecule has 3 nitrogen and oxygen atoms in total. The van der Waals surface area contributed by atoms with E-state index in [0.29, 0.717) is 6.42 Å². The number of hydrogen-bond donors (Lipinski definition) is 0. The van der Waals surface area contributed by atoms with Gasteiger partial charge in [0.15, 0.2) is 0 Å². The first-order valence-corrected chi connectivity index (χ1v) is 4.08. The number of rotatable bonds is 3. The van der Waals surface area contributed by atoms with Gasteiger partial charge in [-0.15, -0.1) is 0 Å². The molecule has 1 fully saturated rings. The summed E-state index contributed by atoms with van der Waals surface area (Å²) in [6, 6.07) is 0. The first-order valence-electron chi connectivity index (χ1n) is 4.08. The van der Waals surface area contributed by atoms with Gasteiger partial charge in [0.05, 0.1) is 0 Å². The van der Waals surface area contributed by atoms with Crippen LogP contribution in [0.2, 0.25) is 0 Å². The topological polar surface area (TPSA) is 35.5 Å². The average Bonchev–Trinajstić information content (AvgIpc) is 1.98. The van der Waals surface area contributed by atoms with Gasteiger partial charge in [0.1, 0.15) is 0 Å². The highest BCUT2D eigenvalue weighted by molar-refractivity contribution is 5.67. The van der Waals surface area contributed by atoms with Gasteiger partial charge < -0.3 is 9.47 Å². The Balaban J connectivity index is 2.49. The molecule has 0 atom stereocenters. The van der Waals surface area contributed by atoms with Crippen molar-refractivity contribution in [3.05, 3.63) is 0 Å². The molecular formula is C9H12O3. The van der Waals surface area contributed by atoms with Crippen molar-refractivity contribution in [2.45, 2.75) is 38.9 Å². The molecule has 0 bridgehead atoms. The van der Waals surface area contributed by atoms with E-state index < -0.39 is 11.9 Å². The van der Waals surface area contributed by atoms with Gasteiger partial charge in [-0.25, -0.2) is 4.79 Å². The quantitative estimate of drug-likeness (QED) is 0.478. The maximum Gasteiger partial charge on any atom is 0.516 e. The standard InChI is InChI=1S/C9H12O3/c1-3-5-7-9(6-4-2)11-8(10)12-9/h3,5,7H2,1-2H3. The summed E-state index contributed by atoms with van der Waals surface area (Å²) in [6.07, 6.45) is 2.03. The maximum atomic E-state index is 10.4. The van der Waals surface area contributed by atoms with Gasteiger partial charge >= 0.3 is 11.9 Å². The third kappa shape index (κ3) is 1.70. The summed E-state index contributed by atoms with van der Waals surface area (Å²) in [6.45, 7) is 3.76. The Morgan fingerprint density at radius 1 is 1.50 bits per heavy atom. The minimum Gasteiger partial charge on any atom is -0.379 e. The van der Waals surface area contributed by atoms with Crippen LogP contribution in [0.1, 0.15) is 33.1 Å². The van der Waals surface area contributed by atoms with Gasteiger partial charge in [0.2, 0.25) is 0 Å². The maximum absolute atomic E-state index is 10.4. The first-order chi connectivity index (χ1) is 5.72. The number of hydrogen-bond acceptors (Lipinski definition) is 3. The zero-order valence-corrected chi connectivity index (χ0v) is 7.35. The normalized spacial score (nSPS) is 18.0. The highest BCUT2D eigenvalue weighted by atomic mass is 16.9. The van der Waals surface area contributed by atoms with Crippen LogP contribution < -0.4 is 0 Å². The molecule has 0 radical (unpaired) electrons. The molecule has 0 aliphatic carbocycles. The summed E-state index contributed by atoms with van der Waals surface area (Å²) in [5, 5.41) is 0. The van der Waals surface area contributed by atoms with Crippen LogP contribution in [-0.2, 0) is 9.47 Å². The van der Waals surface area contributed by atoms with Crippen LogP contribution in [-0.4, -0.2) is 11.9 Å². The lowest BCUT2D eigenvalue weighted by Gasteiger charge is -2.34. The zero-order chi connectivity index (χ0) is 9.03. The Morgan fingerprint density at radius 2 is 2.17 bits per heavy atom. The number of unbranched alkanes of at least 4 members (excludes halogenated alkanes) is 1. The average molecular weight is 168 g/mol. The van der Waals surface area contributed by atoms with Crippen LogP contribution in [0.3, 0.4) is 0 Å². The van der Waals surface area contributed by atoms with Gasteiger partial charge in [-0.3, -0.25) is 0 Å². The number of carbonyl (C=O) groups excluding carboxylic acids is 1. The van der Waals surface area contributed by atoms with E-state index in [1.807, 2.05) is 0 Å². The van der Waals surface area contributed by atoms with E-state index in [1.54, 1.807) is 6.92 Å². The zero-order valence-electron chi connectivity index (χ0n) is 7.35. The second-order valence-corrected chi connectivity index (χ2v) is 2.69. The Hall–Kier alpha value is -1.17. The molecule has 1 heterocycles. The third-order valence-corrected chi connectivity index (χ3v) is 1.67. The molecule has 0 spiro atoms. The monoisotopic (exact) mass is 168 g/mol. The van der Waals surface area contributed by atoms with Crippen LogP contribution in [0.5, 0.6) is 0 Å². The van der Waals surface area contributed by atoms with Crippen LogP contribution in [0.15, 0.2) is 0 Å². The highest BCUT2D eigenvalue weighted by Crippen LogP contribution is 2.29. The fourth-order valence-corrected chi connectivity index (χ4v) is 1.09. The van der Waals surface area contributed by atoms with Crippen molar-refractivity contribution in [2.75, 3.05) is 0 Å². The van der Waals surface area contributed by atoms with E-state index in [-0.39, 0.29) is 0 Å². The lowest BCUT2D eigenvalue weighted by atomic mass is 10.1. The molecule has 0 saturated carbocycles. The molecule has 1 aliphatic heterocycles. The molecule has 0 aromatic heterocycles. The van der Waals surface area contributed by atoms with E-state index in [2.05, 4.69) is 18.8 Å². The van der Waals surface area contributed by atoms with Crippen molar-refractivity contribution in [1.82, 2.24) is 0 Å². The van der Waals surface area contributed by atoms with E-state index in [4.69, 9.17) is 9.47 Å². The molecule has 3 heteroatoms. The summed E-state index contributed by atoms with van der Waals surface area (Å²) < 4.78 is 9.67. The van der Waals surface area contributed by atoms with Crippen LogP contribution >= 0.6 is 0 Å². The molecular weight excluding hydrogens is 156 g/mol. The van der Waals surface area contributed by atoms with Gasteiger partial charge in [-0.2, -0.15) is 0 Å². The SMILES string of the molecule is CC#CC1(CCCC)OC(=O)O1. The molecule has 0 aromatic carbocycles. The number of carbonyl (C=O) groups is 1. The Bertz CT molecular complexity index is 226. The molecule has 1 saturated heterocycles. The minimum atomic E-state index is -0.915. The molecule has 0 N–H and O–H groups in total. The molecule has 0 aromatic rings. The van der Waals surface area contributed by atoms with Gasteiger partial charge in [-0.05, 0) is 19.3 Å². The van der Waals surface area contributed by atoms with Crippen molar-refractivity contribution >= 4 is 6.16 Å². The van der Waals surface area contributed by atoms with Crippen molar-refractivity contribution in [3.63, 3.8) is 0 Å². The molecule has 12 heavy (non-hydrogen) atoms. The third-order valence-electron chi connectivity index (χ3n) is 1.67. The van der Waals surface area contributed by atoms with E-state index in [0.717, 1.165) is 12.8 Å². The Kier molecular flexibility index (Phi) is 2.59. The second kappa shape index (κ2) is 3.48. The van der Waals surface area contributed by atoms with Crippen LogP contribution in [0.25, 0.3) is 0 Å². The minimum absolute atomic E-state index is 0.617. The van der Waals surface area contributed by atoms with Gasteiger partial charge in [0.25, 0.3) is 0 Å². The van der Waals surface area contributed by atoms with E-state index in [1.165, 1.54) is 0 Å². The van der Waals surface area contributed by atoms with E-state index in [9.17, 15) is 4.79 Å². The molecule has 0 unspecified atom stereocenters. The van der Waals surface area contributed by atoms with E-state index >= 15 is 0 Å². The summed E-state index contributed by atoms with van der Waals surface area (Å²) in [5.41, 5.74) is 0. The first kappa shape index (κ1) is 8.92. The summed E-state index contributed by atoms with van der Waals surface area (Å²) in [5.74, 6) is 4.52. The summed E-state index contributed by atoms with van der Waals surface area (Å²) in [7, 11) is 0. The van der Waals surface area contributed by atoms with Crippen molar-refractivity contribution in [2.24, 2.45) is 0 Å². The molecule has 0 amide bonds. The number of cyclic esters (lactones) is 2. The predicted molar refractivity (Wildman–Crippen MR) is 43.3 cm³/mol. The van der Waals surface area contributed by atoms with Crippen molar-refractivity contribution < 1.29 is 14.3 Å². The lowest BCUT2D eigenvalue weighted by Crippen LogP contribution is -2.48. The fraction of sp³-hybridized carbons (Fsp3) is 0.667. The van der Waals surface area contributed by atoms with Gasteiger partial charge in [-0.1, -0.05) is 19.3 Å². The molecule has 1 aliphatic rings. The fourth-order valence-electron chi connectivity index (χ4n) is 1.09. The van der Waals surface area contributed by atoms with Crippen molar-refractivity contribution in [3.8, 4) is 11.8 Å². The van der Waals surface area contributed by atoms with Gasteiger partial charge in [0, 0.05) is 6.42 Å². The molecule has 1 rings (SSSR count). The Morgan fingerprint density at radius 3 is 2.58 bits per heavy atom. The summed E-state index contributed by atoms with van der Waals surface area (Å²) >= 11 is 0. The van der Waals surface area contributed by atoms with Crippen LogP contribution in [0, 0.1) is 11.8 Å².